The largest absolute Gasteiger partial charge is 0.508 e. The summed E-state index contributed by atoms with van der Waals surface area (Å²) >= 11 is 0. The fourth-order valence-electron chi connectivity index (χ4n) is 1.55. The molecule has 0 aliphatic carbocycles. The molecule has 16 heavy (non-hydrogen) atoms. The number of hydrogen-bond acceptors (Lipinski definition) is 5. The quantitative estimate of drug-likeness (QED) is 0.748. The third kappa shape index (κ3) is 1.61. The number of phenolic OH excluding ortho intramolecular Hbond substituents is 1. The van der Waals surface area contributed by atoms with Crippen LogP contribution in [0.5, 0.6) is 5.75 Å². The summed E-state index contributed by atoms with van der Waals surface area (Å²) < 4.78 is 9.99. The lowest BCUT2D eigenvalue weighted by Crippen LogP contribution is -2.01. The van der Waals surface area contributed by atoms with Gasteiger partial charge in [-0.2, -0.15) is 0 Å². The molecule has 0 unspecified atom stereocenters. The molecule has 3 N–H and O–H groups in total. The molecule has 0 aliphatic heterocycles. The minimum atomic E-state index is -0.557. The van der Waals surface area contributed by atoms with Gasteiger partial charge in [-0.3, -0.25) is 0 Å². The molecular formula is C11H11NO4. The maximum atomic E-state index is 11.5. The molecular weight excluding hydrogens is 210 g/mol. The fourth-order valence-corrected chi connectivity index (χ4v) is 1.55. The summed E-state index contributed by atoms with van der Waals surface area (Å²) in [4.78, 5) is 11.5. The molecule has 0 radical (unpaired) electrons. The topological polar surface area (TPSA) is 85.7 Å². The summed E-state index contributed by atoms with van der Waals surface area (Å²) in [5, 5.41) is 10.1. The Bertz CT molecular complexity index is 544. The molecule has 0 spiro atoms. The highest BCUT2D eigenvalue weighted by Gasteiger charge is 2.16. The smallest absolute Gasteiger partial charge is 0.341 e. The molecule has 0 saturated heterocycles. The van der Waals surface area contributed by atoms with Gasteiger partial charge in [0.2, 0.25) is 0 Å². The molecule has 5 heteroatoms. The molecule has 5 nitrogen and oxygen atoms in total. The minimum Gasteiger partial charge on any atom is -0.508 e. The van der Waals surface area contributed by atoms with Crippen molar-refractivity contribution in [2.24, 2.45) is 5.73 Å². The van der Waals surface area contributed by atoms with Crippen LogP contribution in [-0.4, -0.2) is 18.2 Å². The van der Waals surface area contributed by atoms with Crippen molar-refractivity contribution in [3.63, 3.8) is 0 Å². The summed E-state index contributed by atoms with van der Waals surface area (Å²) in [6, 6.07) is 4.49. The number of ether oxygens (including phenoxy) is 1. The third-order valence-electron chi connectivity index (χ3n) is 2.26. The molecule has 0 saturated carbocycles. The molecule has 2 rings (SSSR count). The first kappa shape index (κ1) is 10.5. The highest BCUT2D eigenvalue weighted by molar-refractivity contribution is 6.02. The van der Waals surface area contributed by atoms with Crippen LogP contribution in [0.3, 0.4) is 0 Å². The second-order valence-electron chi connectivity index (χ2n) is 3.32. The Morgan fingerprint density at radius 3 is 2.88 bits per heavy atom. The number of carbonyl (C=O) groups is 1. The number of furan rings is 1. The van der Waals surface area contributed by atoms with E-state index in [-0.39, 0.29) is 17.9 Å². The van der Waals surface area contributed by atoms with Gasteiger partial charge in [0.1, 0.15) is 22.7 Å². The first-order valence-corrected chi connectivity index (χ1v) is 4.69. The molecule has 1 aromatic heterocycles. The van der Waals surface area contributed by atoms with E-state index in [4.69, 9.17) is 10.2 Å². The van der Waals surface area contributed by atoms with Crippen molar-refractivity contribution in [2.75, 3.05) is 7.11 Å². The first-order chi connectivity index (χ1) is 7.65. The molecule has 0 aliphatic rings. The van der Waals surface area contributed by atoms with Gasteiger partial charge >= 0.3 is 5.97 Å². The van der Waals surface area contributed by atoms with E-state index in [1.54, 1.807) is 6.07 Å². The van der Waals surface area contributed by atoms with E-state index in [1.165, 1.54) is 19.2 Å². The average Bonchev–Trinajstić information content (AvgIpc) is 2.69. The summed E-state index contributed by atoms with van der Waals surface area (Å²) in [5.74, 6) is -0.0261. The monoisotopic (exact) mass is 221 g/mol. The summed E-state index contributed by atoms with van der Waals surface area (Å²) in [6.07, 6.45) is 0. The summed E-state index contributed by atoms with van der Waals surface area (Å²) in [7, 11) is 1.27. The lowest BCUT2D eigenvalue weighted by Gasteiger charge is -2.00. The molecule has 0 fully saturated rings. The number of methoxy groups -OCH3 is 1. The second kappa shape index (κ2) is 3.86. The third-order valence-corrected chi connectivity index (χ3v) is 2.26. The predicted molar refractivity (Wildman–Crippen MR) is 57.1 cm³/mol. The van der Waals surface area contributed by atoms with Gasteiger partial charge < -0.3 is 20.0 Å². The second-order valence-corrected chi connectivity index (χ2v) is 3.32. The first-order valence-electron chi connectivity index (χ1n) is 4.69. The van der Waals surface area contributed by atoms with Gasteiger partial charge in [0.25, 0.3) is 0 Å². The van der Waals surface area contributed by atoms with Crippen LogP contribution < -0.4 is 5.73 Å². The van der Waals surface area contributed by atoms with E-state index >= 15 is 0 Å². The van der Waals surface area contributed by atoms with Crippen molar-refractivity contribution in [2.45, 2.75) is 6.54 Å². The summed E-state index contributed by atoms with van der Waals surface area (Å²) in [5.41, 5.74) is 6.01. The normalized spacial score (nSPS) is 10.6. The van der Waals surface area contributed by atoms with Crippen molar-refractivity contribution in [1.29, 1.82) is 0 Å². The maximum absolute atomic E-state index is 11.5. The number of benzene rings is 1. The van der Waals surface area contributed by atoms with Crippen LogP contribution in [0.4, 0.5) is 0 Å². The molecule has 1 heterocycles. The lowest BCUT2D eigenvalue weighted by molar-refractivity contribution is 0.0601. The molecule has 84 valence electrons. The number of hydrogen-bond donors (Lipinski definition) is 2. The van der Waals surface area contributed by atoms with Crippen LogP contribution in [0.2, 0.25) is 0 Å². The van der Waals surface area contributed by atoms with Crippen LogP contribution in [-0.2, 0) is 11.3 Å². The van der Waals surface area contributed by atoms with E-state index in [1.807, 2.05) is 0 Å². The molecule has 0 atom stereocenters. The standard InChI is InChI=1S/C11H11NO4/c1-15-11(14)9-4-7(13)2-6-3-8(5-12)16-10(6)9/h2-4,13H,5,12H2,1H3. The Labute approximate surface area is 91.4 Å². The maximum Gasteiger partial charge on any atom is 0.341 e. The Kier molecular flexibility index (Phi) is 2.54. The Morgan fingerprint density at radius 1 is 1.50 bits per heavy atom. The van der Waals surface area contributed by atoms with Crippen LogP contribution in [0.15, 0.2) is 22.6 Å². The fraction of sp³-hybridized carbons (Fsp3) is 0.182. The van der Waals surface area contributed by atoms with Gasteiger partial charge in [-0.15, -0.1) is 0 Å². The van der Waals surface area contributed by atoms with E-state index in [0.717, 1.165) is 0 Å². The molecule has 1 aromatic carbocycles. The Morgan fingerprint density at radius 2 is 2.25 bits per heavy atom. The van der Waals surface area contributed by atoms with Gasteiger partial charge in [0, 0.05) is 5.39 Å². The molecule has 2 aromatic rings. The lowest BCUT2D eigenvalue weighted by atomic mass is 10.1. The number of esters is 1. The minimum absolute atomic E-state index is 0.0164. The van der Waals surface area contributed by atoms with Crippen LogP contribution in [0, 0.1) is 0 Å². The van der Waals surface area contributed by atoms with Crippen molar-refractivity contribution >= 4 is 16.9 Å². The molecule has 0 bridgehead atoms. The zero-order valence-electron chi connectivity index (χ0n) is 8.69. The van der Waals surface area contributed by atoms with E-state index < -0.39 is 5.97 Å². The predicted octanol–water partition coefficient (Wildman–Crippen LogP) is 1.38. The number of nitrogens with two attached hydrogens (primary N) is 1. The number of phenols is 1. The van der Waals surface area contributed by atoms with Crippen molar-refractivity contribution in [3.05, 3.63) is 29.5 Å². The van der Waals surface area contributed by atoms with E-state index in [9.17, 15) is 9.90 Å². The average molecular weight is 221 g/mol. The number of rotatable bonds is 2. The van der Waals surface area contributed by atoms with Gasteiger partial charge in [0.15, 0.2) is 0 Å². The van der Waals surface area contributed by atoms with Gasteiger partial charge in [0.05, 0.1) is 13.7 Å². The van der Waals surface area contributed by atoms with Gasteiger partial charge in [-0.05, 0) is 18.2 Å². The SMILES string of the molecule is COC(=O)c1cc(O)cc2cc(CN)oc12. The van der Waals surface area contributed by atoms with Crippen LogP contribution in [0.25, 0.3) is 11.0 Å². The Balaban J connectivity index is 2.70. The number of aromatic hydroxyl groups is 1. The van der Waals surface area contributed by atoms with Crippen LogP contribution in [0.1, 0.15) is 16.1 Å². The van der Waals surface area contributed by atoms with Crippen molar-refractivity contribution < 1.29 is 19.1 Å². The Hall–Kier alpha value is -2.01. The summed E-state index contributed by atoms with van der Waals surface area (Å²) in [6.45, 7) is 0.232. The zero-order valence-corrected chi connectivity index (χ0v) is 8.69. The van der Waals surface area contributed by atoms with Gasteiger partial charge in [-0.1, -0.05) is 0 Å². The number of carbonyl (C=O) groups excluding carboxylic acids is 1. The van der Waals surface area contributed by atoms with Crippen LogP contribution >= 0.6 is 0 Å². The van der Waals surface area contributed by atoms with E-state index in [2.05, 4.69) is 4.74 Å². The highest BCUT2D eigenvalue weighted by Crippen LogP contribution is 2.28. The highest BCUT2D eigenvalue weighted by atomic mass is 16.5. The molecule has 0 amide bonds. The van der Waals surface area contributed by atoms with E-state index in [0.29, 0.717) is 16.7 Å². The number of fused-ring (bicyclic) bond motifs is 1. The van der Waals surface area contributed by atoms with Gasteiger partial charge in [-0.25, -0.2) is 4.79 Å². The zero-order chi connectivity index (χ0) is 11.7. The van der Waals surface area contributed by atoms with Crippen molar-refractivity contribution in [1.82, 2.24) is 0 Å². The van der Waals surface area contributed by atoms with Crippen molar-refractivity contribution in [3.8, 4) is 5.75 Å².